The number of fused-ring (bicyclic) bond motifs is 1. The van der Waals surface area contributed by atoms with Gasteiger partial charge in [0.2, 0.25) is 0 Å². The molecule has 0 saturated carbocycles. The Bertz CT molecular complexity index is 1480. The Morgan fingerprint density at radius 2 is 2.10 bits per heavy atom. The van der Waals surface area contributed by atoms with E-state index in [1.165, 1.54) is 17.8 Å². The van der Waals surface area contributed by atoms with Crippen molar-refractivity contribution in [2.45, 2.75) is 0 Å². The summed E-state index contributed by atoms with van der Waals surface area (Å²) in [5.74, 6) is -3.09. The maximum atomic E-state index is 13.4. The maximum absolute atomic E-state index is 13.4. The fourth-order valence-corrected chi connectivity index (χ4v) is 4.07. The minimum atomic E-state index is -1.14. The number of benzene rings is 1. The largest absolute Gasteiger partial charge is 0.435 e. The van der Waals surface area contributed by atoms with E-state index in [1.807, 2.05) is 6.07 Å². The summed E-state index contributed by atoms with van der Waals surface area (Å²) in [5, 5.41) is 14.5. The molecule has 0 aliphatic heterocycles. The van der Waals surface area contributed by atoms with Crippen LogP contribution in [0.15, 0.2) is 27.5 Å². The highest BCUT2D eigenvalue weighted by atomic mass is 32.1. The van der Waals surface area contributed by atoms with Crippen molar-refractivity contribution in [3.63, 3.8) is 0 Å². The summed E-state index contributed by atoms with van der Waals surface area (Å²) in [7, 11) is 1.48. The molecular formula is C18H12F2N7O3S+. The van der Waals surface area contributed by atoms with E-state index in [4.69, 9.17) is 16.0 Å². The molecule has 1 aromatic carbocycles. The summed E-state index contributed by atoms with van der Waals surface area (Å²) in [6, 6.07) is 4.75. The molecular weight excluding hydrogens is 432 g/mol. The topological polar surface area (TPSA) is 168 Å². The highest BCUT2D eigenvalue weighted by Gasteiger charge is 2.32. The van der Waals surface area contributed by atoms with Gasteiger partial charge in [-0.2, -0.15) is 5.26 Å². The average Bonchev–Trinajstić information content (AvgIpc) is 3.22. The number of aromatic nitrogens is 3. The van der Waals surface area contributed by atoms with Gasteiger partial charge in [-0.1, -0.05) is 4.68 Å². The second kappa shape index (κ2) is 7.18. The lowest BCUT2D eigenvalue weighted by atomic mass is 10.0. The van der Waals surface area contributed by atoms with Crippen LogP contribution in [0, 0.1) is 23.0 Å². The van der Waals surface area contributed by atoms with Gasteiger partial charge in [0.1, 0.15) is 27.2 Å². The lowest BCUT2D eigenvalue weighted by Gasteiger charge is -2.05. The van der Waals surface area contributed by atoms with Gasteiger partial charge in [-0.3, -0.25) is 9.32 Å². The first-order valence-corrected chi connectivity index (χ1v) is 9.30. The van der Waals surface area contributed by atoms with Gasteiger partial charge in [0.25, 0.3) is 5.91 Å². The number of nitrogens with zero attached hydrogens (tertiary/aromatic N) is 3. The summed E-state index contributed by atoms with van der Waals surface area (Å²) in [4.78, 5) is 29.3. The molecule has 10 nitrogen and oxygen atoms in total. The third kappa shape index (κ3) is 3.15. The smallest absolute Gasteiger partial charge is 0.397 e. The number of aromatic amines is 1. The average molecular weight is 444 g/mol. The first kappa shape index (κ1) is 20.0. The van der Waals surface area contributed by atoms with Crippen molar-refractivity contribution < 1.29 is 22.8 Å². The molecule has 156 valence electrons. The van der Waals surface area contributed by atoms with Crippen molar-refractivity contribution in [3.05, 3.63) is 50.7 Å². The fraction of sp³-hybridized carbons (Fsp3) is 0.0556. The first-order chi connectivity index (χ1) is 14.7. The van der Waals surface area contributed by atoms with E-state index >= 15 is 0 Å². The van der Waals surface area contributed by atoms with Gasteiger partial charge < -0.3 is 16.8 Å². The van der Waals surface area contributed by atoms with E-state index in [9.17, 15) is 23.6 Å². The van der Waals surface area contributed by atoms with E-state index in [0.717, 1.165) is 23.5 Å². The van der Waals surface area contributed by atoms with Gasteiger partial charge in [0, 0.05) is 11.8 Å². The number of aryl methyl sites for hydroxylation is 1. The number of pyridine rings is 1. The molecule has 4 rings (SSSR count). The minimum absolute atomic E-state index is 0.00356. The Kier molecular flexibility index (Phi) is 4.63. The zero-order valence-corrected chi connectivity index (χ0v) is 16.4. The van der Waals surface area contributed by atoms with Crippen LogP contribution in [0.5, 0.6) is 0 Å². The van der Waals surface area contributed by atoms with Gasteiger partial charge in [0.05, 0.1) is 16.6 Å². The maximum Gasteiger partial charge on any atom is 0.435 e. The van der Waals surface area contributed by atoms with Crippen molar-refractivity contribution >= 4 is 44.7 Å². The molecule has 3 aromatic heterocycles. The molecule has 0 unspecified atom stereocenters. The molecule has 6 N–H and O–H groups in total. The van der Waals surface area contributed by atoms with E-state index < -0.39 is 23.2 Å². The zero-order valence-electron chi connectivity index (χ0n) is 15.6. The van der Waals surface area contributed by atoms with Crippen LogP contribution in [0.4, 0.5) is 26.0 Å². The van der Waals surface area contributed by atoms with Gasteiger partial charge in [0.15, 0.2) is 18.7 Å². The third-order valence-corrected chi connectivity index (χ3v) is 5.54. The standard InChI is InChI=1S/C18H11F2N7O3S/c1-27-13(18(29)30-26-27)10-7(5-21)15(23)25-17-11(10)12(22)14(31-17)16(28)24-6-2-3-8(19)9(20)4-6/h2-4H,1H3,(H5-,22,23,24,25,26,28,29)/p+1. The zero-order chi connectivity index (χ0) is 22.4. The summed E-state index contributed by atoms with van der Waals surface area (Å²) in [6.07, 6.45) is 0. The summed E-state index contributed by atoms with van der Waals surface area (Å²) < 4.78 is 32.6. The predicted molar refractivity (Wildman–Crippen MR) is 107 cm³/mol. The number of nitriles is 1. The van der Waals surface area contributed by atoms with Crippen molar-refractivity contribution in [1.29, 1.82) is 5.26 Å². The van der Waals surface area contributed by atoms with Gasteiger partial charge >= 0.3 is 11.3 Å². The van der Waals surface area contributed by atoms with Crippen molar-refractivity contribution in [1.82, 2.24) is 10.3 Å². The SMILES string of the molecule is C[n+]1[nH]oc(=O)c1-c1c(C#N)c(N)nc2sc(C(=O)Nc3ccc(F)c(F)c3)c(N)c12. The van der Waals surface area contributed by atoms with Crippen LogP contribution >= 0.6 is 11.3 Å². The molecule has 31 heavy (non-hydrogen) atoms. The summed E-state index contributed by atoms with van der Waals surface area (Å²) in [6.45, 7) is 0. The number of rotatable bonds is 3. The van der Waals surface area contributed by atoms with E-state index in [-0.39, 0.29) is 49.1 Å². The van der Waals surface area contributed by atoms with Crippen LogP contribution in [0.3, 0.4) is 0 Å². The van der Waals surface area contributed by atoms with Gasteiger partial charge in [-0.15, -0.1) is 11.3 Å². The predicted octanol–water partition coefficient (Wildman–Crippen LogP) is 1.64. The number of hydrogen-bond acceptors (Lipinski definition) is 8. The first-order valence-electron chi connectivity index (χ1n) is 8.48. The number of nitrogens with one attached hydrogen (secondary N) is 2. The van der Waals surface area contributed by atoms with Crippen LogP contribution in [0.1, 0.15) is 15.2 Å². The monoisotopic (exact) mass is 444 g/mol. The Balaban J connectivity index is 1.92. The number of carbonyl (C=O) groups is 1. The molecule has 13 heteroatoms. The van der Waals surface area contributed by atoms with Crippen LogP contribution in [-0.2, 0) is 7.05 Å². The normalized spacial score (nSPS) is 10.9. The van der Waals surface area contributed by atoms with Gasteiger partial charge in [-0.25, -0.2) is 18.6 Å². The second-order valence-corrected chi connectivity index (χ2v) is 7.35. The molecule has 4 aromatic rings. The number of carbonyl (C=O) groups excluding carboxylic acids is 1. The summed E-state index contributed by atoms with van der Waals surface area (Å²) in [5.41, 5.74) is 11.1. The number of thiophene rings is 1. The molecule has 0 spiro atoms. The Morgan fingerprint density at radius 1 is 1.35 bits per heavy atom. The van der Waals surface area contributed by atoms with E-state index in [2.05, 4.69) is 15.6 Å². The molecule has 0 aliphatic rings. The van der Waals surface area contributed by atoms with Crippen LogP contribution < -0.4 is 27.1 Å². The molecule has 1 amide bonds. The second-order valence-electron chi connectivity index (χ2n) is 6.36. The number of nitrogens with two attached hydrogens (primary N) is 2. The molecule has 0 atom stereocenters. The molecule has 0 aliphatic carbocycles. The van der Waals surface area contributed by atoms with E-state index in [0.29, 0.717) is 0 Å². The highest BCUT2D eigenvalue weighted by molar-refractivity contribution is 7.21. The number of halogens is 2. The van der Waals surface area contributed by atoms with Crippen LogP contribution in [0.25, 0.3) is 21.5 Å². The summed E-state index contributed by atoms with van der Waals surface area (Å²) >= 11 is 0.858. The Labute approximate surface area is 175 Å². The van der Waals surface area contributed by atoms with Crippen LogP contribution in [0.2, 0.25) is 0 Å². The minimum Gasteiger partial charge on any atom is -0.397 e. The lowest BCUT2D eigenvalue weighted by molar-refractivity contribution is -0.730. The number of nitrogen functional groups attached to an aromatic ring is 2. The quantitative estimate of drug-likeness (QED) is 0.348. The van der Waals surface area contributed by atoms with Gasteiger partial charge in [-0.05, 0) is 17.4 Å². The lowest BCUT2D eigenvalue weighted by Crippen LogP contribution is -2.34. The molecule has 3 heterocycles. The fourth-order valence-electron chi connectivity index (χ4n) is 3.06. The van der Waals surface area contributed by atoms with Crippen molar-refractivity contribution in [2.24, 2.45) is 7.05 Å². The number of amides is 1. The van der Waals surface area contributed by atoms with E-state index in [1.54, 1.807) is 0 Å². The number of anilines is 3. The van der Waals surface area contributed by atoms with Crippen molar-refractivity contribution in [3.8, 4) is 17.3 Å². The number of H-pyrrole nitrogens is 1. The third-order valence-electron chi connectivity index (χ3n) is 4.44. The molecule has 0 fully saturated rings. The Morgan fingerprint density at radius 3 is 2.71 bits per heavy atom. The number of hydrogen-bond donors (Lipinski definition) is 4. The highest BCUT2D eigenvalue weighted by Crippen LogP contribution is 2.41. The Hall–Kier alpha value is -4.31. The molecule has 0 bridgehead atoms. The van der Waals surface area contributed by atoms with Crippen molar-refractivity contribution in [2.75, 3.05) is 16.8 Å². The molecule has 0 saturated heterocycles. The van der Waals surface area contributed by atoms with Crippen LogP contribution in [-0.4, -0.2) is 16.2 Å². The molecule has 0 radical (unpaired) electrons.